The SMILES string of the molecule is CCCn1nccc1NC(C)C. The van der Waals surface area contributed by atoms with Crippen LogP contribution in [0, 0.1) is 0 Å². The van der Waals surface area contributed by atoms with Crippen molar-refractivity contribution in [1.82, 2.24) is 9.78 Å². The van der Waals surface area contributed by atoms with E-state index in [1.807, 2.05) is 16.9 Å². The molecule has 0 saturated heterocycles. The number of aromatic nitrogens is 2. The minimum atomic E-state index is 0.470. The van der Waals surface area contributed by atoms with Crippen LogP contribution in [0.25, 0.3) is 0 Å². The maximum Gasteiger partial charge on any atom is 0.124 e. The van der Waals surface area contributed by atoms with Crippen molar-refractivity contribution in [3.63, 3.8) is 0 Å². The van der Waals surface area contributed by atoms with Gasteiger partial charge in [-0.3, -0.25) is 0 Å². The van der Waals surface area contributed by atoms with E-state index in [0.29, 0.717) is 6.04 Å². The Hall–Kier alpha value is -0.990. The topological polar surface area (TPSA) is 29.9 Å². The molecule has 0 amide bonds. The molecule has 1 N–H and O–H groups in total. The van der Waals surface area contributed by atoms with E-state index in [-0.39, 0.29) is 0 Å². The fourth-order valence-corrected chi connectivity index (χ4v) is 1.14. The molecule has 0 aliphatic rings. The number of aryl methyl sites for hydroxylation is 1. The van der Waals surface area contributed by atoms with E-state index in [1.165, 1.54) is 0 Å². The van der Waals surface area contributed by atoms with Crippen LogP contribution in [-0.2, 0) is 6.54 Å². The molecule has 68 valence electrons. The Morgan fingerprint density at radius 1 is 1.58 bits per heavy atom. The molecule has 0 bridgehead atoms. The third kappa shape index (κ3) is 2.26. The second kappa shape index (κ2) is 4.14. The van der Waals surface area contributed by atoms with Gasteiger partial charge in [-0.1, -0.05) is 6.92 Å². The highest BCUT2D eigenvalue weighted by Crippen LogP contribution is 2.07. The molecule has 1 aromatic heterocycles. The van der Waals surface area contributed by atoms with Gasteiger partial charge in [0.1, 0.15) is 5.82 Å². The van der Waals surface area contributed by atoms with Crippen molar-refractivity contribution in [2.45, 2.75) is 39.8 Å². The lowest BCUT2D eigenvalue weighted by Gasteiger charge is -2.11. The maximum atomic E-state index is 4.21. The highest BCUT2D eigenvalue weighted by Gasteiger charge is 2.01. The summed E-state index contributed by atoms with van der Waals surface area (Å²) in [6.45, 7) is 7.40. The molecule has 0 fully saturated rings. The quantitative estimate of drug-likeness (QED) is 0.744. The normalized spacial score (nSPS) is 10.7. The molecule has 1 rings (SSSR count). The summed E-state index contributed by atoms with van der Waals surface area (Å²) < 4.78 is 2.00. The molecule has 0 saturated carbocycles. The largest absolute Gasteiger partial charge is 0.368 e. The average molecular weight is 167 g/mol. The zero-order chi connectivity index (χ0) is 8.97. The van der Waals surface area contributed by atoms with Gasteiger partial charge in [0.2, 0.25) is 0 Å². The molecule has 0 unspecified atom stereocenters. The molecule has 0 spiro atoms. The number of anilines is 1. The lowest BCUT2D eigenvalue weighted by atomic mass is 10.4. The van der Waals surface area contributed by atoms with Gasteiger partial charge >= 0.3 is 0 Å². The van der Waals surface area contributed by atoms with E-state index in [0.717, 1.165) is 18.8 Å². The Labute approximate surface area is 73.8 Å². The van der Waals surface area contributed by atoms with Crippen molar-refractivity contribution < 1.29 is 0 Å². The van der Waals surface area contributed by atoms with E-state index in [9.17, 15) is 0 Å². The first kappa shape index (κ1) is 9.10. The summed E-state index contributed by atoms with van der Waals surface area (Å²) in [7, 11) is 0. The molecule has 3 heteroatoms. The van der Waals surface area contributed by atoms with Crippen LogP contribution < -0.4 is 5.32 Å². The monoisotopic (exact) mass is 167 g/mol. The van der Waals surface area contributed by atoms with E-state index in [1.54, 1.807) is 0 Å². The number of rotatable bonds is 4. The van der Waals surface area contributed by atoms with Gasteiger partial charge in [-0.15, -0.1) is 0 Å². The van der Waals surface area contributed by atoms with Crippen molar-refractivity contribution in [2.24, 2.45) is 0 Å². The first-order valence-corrected chi connectivity index (χ1v) is 4.52. The molecule has 1 aromatic rings. The Bertz CT molecular complexity index is 227. The second-order valence-electron chi connectivity index (χ2n) is 3.24. The van der Waals surface area contributed by atoms with E-state index < -0.39 is 0 Å². The molecule has 0 atom stereocenters. The molecular formula is C9H17N3. The van der Waals surface area contributed by atoms with Crippen LogP contribution in [0.1, 0.15) is 27.2 Å². The smallest absolute Gasteiger partial charge is 0.124 e. The summed E-state index contributed by atoms with van der Waals surface area (Å²) >= 11 is 0. The maximum absolute atomic E-state index is 4.21. The summed E-state index contributed by atoms with van der Waals surface area (Å²) in [6, 6.07) is 2.48. The van der Waals surface area contributed by atoms with E-state index in [2.05, 4.69) is 31.2 Å². The van der Waals surface area contributed by atoms with Crippen LogP contribution in [0.2, 0.25) is 0 Å². The predicted octanol–water partition coefficient (Wildman–Crippen LogP) is 2.11. The molecule has 0 aliphatic heterocycles. The second-order valence-corrected chi connectivity index (χ2v) is 3.24. The van der Waals surface area contributed by atoms with Crippen LogP contribution in [0.5, 0.6) is 0 Å². The first-order valence-electron chi connectivity index (χ1n) is 4.52. The van der Waals surface area contributed by atoms with Crippen LogP contribution in [0.4, 0.5) is 5.82 Å². The summed E-state index contributed by atoms with van der Waals surface area (Å²) in [4.78, 5) is 0. The molecule has 3 nitrogen and oxygen atoms in total. The lowest BCUT2D eigenvalue weighted by Crippen LogP contribution is -2.14. The van der Waals surface area contributed by atoms with Gasteiger partial charge in [-0.05, 0) is 20.3 Å². The zero-order valence-corrected chi connectivity index (χ0v) is 8.04. The molecule has 12 heavy (non-hydrogen) atoms. The number of nitrogens with zero attached hydrogens (tertiary/aromatic N) is 2. The highest BCUT2D eigenvalue weighted by molar-refractivity contribution is 5.34. The Morgan fingerprint density at radius 2 is 2.33 bits per heavy atom. The molecule has 0 aliphatic carbocycles. The predicted molar refractivity (Wildman–Crippen MR) is 51.3 cm³/mol. The molecule has 0 aromatic carbocycles. The molecule has 0 radical (unpaired) electrons. The minimum absolute atomic E-state index is 0.470. The van der Waals surface area contributed by atoms with Crippen molar-refractivity contribution in [2.75, 3.05) is 5.32 Å². The van der Waals surface area contributed by atoms with Gasteiger partial charge in [0.25, 0.3) is 0 Å². The standard InChI is InChI=1S/C9H17N3/c1-4-7-12-9(5-6-10-12)11-8(2)3/h5-6,8,11H,4,7H2,1-3H3. The number of hydrogen-bond donors (Lipinski definition) is 1. The lowest BCUT2D eigenvalue weighted by molar-refractivity contribution is 0.604. The summed E-state index contributed by atoms with van der Waals surface area (Å²) in [5, 5.41) is 7.55. The third-order valence-electron chi connectivity index (χ3n) is 1.59. The van der Waals surface area contributed by atoms with E-state index in [4.69, 9.17) is 0 Å². The van der Waals surface area contributed by atoms with Gasteiger partial charge in [-0.25, -0.2) is 4.68 Å². The fourth-order valence-electron chi connectivity index (χ4n) is 1.14. The fraction of sp³-hybridized carbons (Fsp3) is 0.667. The minimum Gasteiger partial charge on any atom is -0.368 e. The molecular weight excluding hydrogens is 150 g/mol. The first-order chi connectivity index (χ1) is 5.74. The van der Waals surface area contributed by atoms with Crippen molar-refractivity contribution in [1.29, 1.82) is 0 Å². The van der Waals surface area contributed by atoms with Gasteiger partial charge in [0.15, 0.2) is 0 Å². The summed E-state index contributed by atoms with van der Waals surface area (Å²) in [5.74, 6) is 1.12. The Morgan fingerprint density at radius 3 is 2.92 bits per heavy atom. The van der Waals surface area contributed by atoms with Crippen LogP contribution in [-0.4, -0.2) is 15.8 Å². The third-order valence-corrected chi connectivity index (χ3v) is 1.59. The van der Waals surface area contributed by atoms with Gasteiger partial charge in [0, 0.05) is 18.7 Å². The Kier molecular flexibility index (Phi) is 3.14. The average Bonchev–Trinajstić information content (AvgIpc) is 2.37. The van der Waals surface area contributed by atoms with Gasteiger partial charge < -0.3 is 5.32 Å². The number of nitrogens with one attached hydrogen (secondary N) is 1. The summed E-state index contributed by atoms with van der Waals surface area (Å²) in [5.41, 5.74) is 0. The number of hydrogen-bond acceptors (Lipinski definition) is 2. The Balaban J connectivity index is 2.63. The summed E-state index contributed by atoms with van der Waals surface area (Å²) in [6.07, 6.45) is 2.95. The van der Waals surface area contributed by atoms with Crippen LogP contribution in [0.15, 0.2) is 12.3 Å². The van der Waals surface area contributed by atoms with Crippen LogP contribution in [0.3, 0.4) is 0 Å². The van der Waals surface area contributed by atoms with Crippen molar-refractivity contribution in [3.8, 4) is 0 Å². The highest BCUT2D eigenvalue weighted by atomic mass is 15.3. The van der Waals surface area contributed by atoms with Gasteiger partial charge in [-0.2, -0.15) is 5.10 Å². The van der Waals surface area contributed by atoms with Crippen molar-refractivity contribution in [3.05, 3.63) is 12.3 Å². The van der Waals surface area contributed by atoms with Gasteiger partial charge in [0.05, 0.1) is 6.20 Å². The van der Waals surface area contributed by atoms with Crippen molar-refractivity contribution >= 4 is 5.82 Å². The van der Waals surface area contributed by atoms with Crippen LogP contribution >= 0.6 is 0 Å². The zero-order valence-electron chi connectivity index (χ0n) is 8.04. The van der Waals surface area contributed by atoms with E-state index >= 15 is 0 Å². The molecule has 1 heterocycles.